The molecule has 1 aliphatic heterocycles. The summed E-state index contributed by atoms with van der Waals surface area (Å²) in [5.41, 5.74) is 0.292. The minimum absolute atomic E-state index is 0.0222. The lowest BCUT2D eigenvalue weighted by Gasteiger charge is -2.39. The van der Waals surface area contributed by atoms with E-state index in [-0.39, 0.29) is 18.1 Å². The Labute approximate surface area is 113 Å². The maximum atomic E-state index is 11.7. The van der Waals surface area contributed by atoms with Crippen molar-refractivity contribution in [3.63, 3.8) is 0 Å². The highest BCUT2D eigenvalue weighted by Gasteiger charge is 2.43. The predicted octanol–water partition coefficient (Wildman–Crippen LogP) is 2.32. The van der Waals surface area contributed by atoms with Crippen LogP contribution in [0.5, 0.6) is 0 Å². The molecule has 102 valence electrons. The van der Waals surface area contributed by atoms with E-state index in [1.165, 1.54) is 0 Å². The topological polar surface area (TPSA) is 56.3 Å². The average molecular weight is 261 g/mol. The first-order chi connectivity index (χ1) is 9.02. The number of aromatic nitrogens is 1. The summed E-state index contributed by atoms with van der Waals surface area (Å²) < 4.78 is 5.54. The number of ketones is 1. The van der Waals surface area contributed by atoms with Gasteiger partial charge in [0.2, 0.25) is 0 Å². The summed E-state index contributed by atoms with van der Waals surface area (Å²) >= 11 is 0. The molecule has 2 heterocycles. The Hall–Kier alpha value is -1.71. The van der Waals surface area contributed by atoms with Gasteiger partial charge in [-0.15, -0.1) is 0 Å². The van der Waals surface area contributed by atoms with Crippen LogP contribution < -0.4 is 0 Å². The molecule has 1 atom stereocenters. The summed E-state index contributed by atoms with van der Waals surface area (Å²) in [5.74, 6) is -0.304. The lowest BCUT2D eigenvalue weighted by Crippen LogP contribution is -2.47. The second-order valence-electron chi connectivity index (χ2n) is 5.41. The number of cyclic esters (lactones) is 1. The van der Waals surface area contributed by atoms with Gasteiger partial charge in [-0.2, -0.15) is 0 Å². The van der Waals surface area contributed by atoms with Gasteiger partial charge in [0.1, 0.15) is 17.8 Å². The number of carbonyl (C=O) groups is 2. The second-order valence-corrected chi connectivity index (χ2v) is 5.41. The molecule has 0 saturated carbocycles. The standard InChI is InChI=1S/C15H19NO3/c1-11(2)15(10-13(17)9-14(18)19-15)7-6-12-5-3-4-8-16-12/h3-5,8,11H,6-7,9-10H2,1-2H3. The number of hydrogen-bond donors (Lipinski definition) is 0. The number of Topliss-reactive ketones (excluding diaryl/α,β-unsaturated/α-hetero) is 1. The van der Waals surface area contributed by atoms with Crippen molar-refractivity contribution in [2.75, 3.05) is 0 Å². The molecule has 0 spiro atoms. The van der Waals surface area contributed by atoms with Gasteiger partial charge < -0.3 is 4.74 Å². The maximum absolute atomic E-state index is 11.7. The summed E-state index contributed by atoms with van der Waals surface area (Å²) in [6.45, 7) is 3.98. The molecule has 0 aliphatic carbocycles. The van der Waals surface area contributed by atoms with Crippen molar-refractivity contribution in [3.8, 4) is 0 Å². The van der Waals surface area contributed by atoms with Gasteiger partial charge in [-0.05, 0) is 30.9 Å². The number of aryl methyl sites for hydroxylation is 1. The molecule has 1 aliphatic rings. The molecule has 1 fully saturated rings. The van der Waals surface area contributed by atoms with Crippen LogP contribution in [0.1, 0.15) is 38.8 Å². The van der Waals surface area contributed by atoms with Crippen molar-refractivity contribution < 1.29 is 14.3 Å². The van der Waals surface area contributed by atoms with Crippen LogP contribution in [-0.4, -0.2) is 22.3 Å². The van der Waals surface area contributed by atoms with Crippen molar-refractivity contribution in [3.05, 3.63) is 30.1 Å². The zero-order valence-electron chi connectivity index (χ0n) is 11.4. The van der Waals surface area contributed by atoms with Crippen molar-refractivity contribution in [2.24, 2.45) is 5.92 Å². The zero-order chi connectivity index (χ0) is 13.9. The molecule has 1 saturated heterocycles. The first-order valence-electron chi connectivity index (χ1n) is 6.65. The Bertz CT molecular complexity index is 452. The first-order valence-corrected chi connectivity index (χ1v) is 6.65. The average Bonchev–Trinajstić information content (AvgIpc) is 2.36. The molecule has 4 heteroatoms. The largest absolute Gasteiger partial charge is 0.458 e. The van der Waals surface area contributed by atoms with E-state index in [1.807, 2.05) is 32.0 Å². The van der Waals surface area contributed by atoms with Gasteiger partial charge in [-0.1, -0.05) is 19.9 Å². The summed E-state index contributed by atoms with van der Waals surface area (Å²) in [4.78, 5) is 27.5. The molecule has 1 unspecified atom stereocenters. The van der Waals surface area contributed by atoms with Gasteiger partial charge in [0.15, 0.2) is 0 Å². The SMILES string of the molecule is CC(C)C1(CCc2ccccn2)CC(=O)CC(=O)O1. The predicted molar refractivity (Wildman–Crippen MR) is 70.5 cm³/mol. The van der Waals surface area contributed by atoms with Crippen molar-refractivity contribution >= 4 is 11.8 Å². The molecule has 1 aromatic rings. The van der Waals surface area contributed by atoms with Gasteiger partial charge >= 0.3 is 5.97 Å². The molecule has 2 rings (SSSR count). The van der Waals surface area contributed by atoms with Crippen molar-refractivity contribution in [1.82, 2.24) is 4.98 Å². The van der Waals surface area contributed by atoms with E-state index in [4.69, 9.17) is 4.74 Å². The summed E-state index contributed by atoms with van der Waals surface area (Å²) in [7, 11) is 0. The minimum Gasteiger partial charge on any atom is -0.458 e. The number of esters is 1. The van der Waals surface area contributed by atoms with Crippen LogP contribution in [0.2, 0.25) is 0 Å². The quantitative estimate of drug-likeness (QED) is 0.616. The Morgan fingerprint density at radius 3 is 2.74 bits per heavy atom. The van der Waals surface area contributed by atoms with E-state index >= 15 is 0 Å². The number of carbonyl (C=O) groups excluding carboxylic acids is 2. The Morgan fingerprint density at radius 2 is 2.16 bits per heavy atom. The van der Waals surface area contributed by atoms with Crippen LogP contribution in [0.25, 0.3) is 0 Å². The fraction of sp³-hybridized carbons (Fsp3) is 0.533. The summed E-state index contributed by atoms with van der Waals surface area (Å²) in [5, 5.41) is 0. The van der Waals surface area contributed by atoms with Crippen molar-refractivity contribution in [1.29, 1.82) is 0 Å². The number of rotatable bonds is 4. The van der Waals surface area contributed by atoms with Crippen LogP contribution in [0, 0.1) is 5.92 Å². The molecule has 0 N–H and O–H groups in total. The van der Waals surface area contributed by atoms with Crippen LogP contribution in [0.3, 0.4) is 0 Å². The zero-order valence-corrected chi connectivity index (χ0v) is 11.4. The van der Waals surface area contributed by atoms with Crippen LogP contribution in [-0.2, 0) is 20.7 Å². The van der Waals surface area contributed by atoms with Gasteiger partial charge in [0, 0.05) is 18.3 Å². The third kappa shape index (κ3) is 3.19. The summed E-state index contributed by atoms with van der Waals surface area (Å²) in [6, 6.07) is 5.74. The monoisotopic (exact) mass is 261 g/mol. The van der Waals surface area contributed by atoms with Gasteiger partial charge in [0.25, 0.3) is 0 Å². The first kappa shape index (κ1) is 13.7. The number of pyridine rings is 1. The van der Waals surface area contributed by atoms with Crippen LogP contribution >= 0.6 is 0 Å². The molecule has 0 radical (unpaired) electrons. The highest BCUT2D eigenvalue weighted by molar-refractivity contribution is 5.98. The summed E-state index contributed by atoms with van der Waals surface area (Å²) in [6.07, 6.45) is 3.33. The number of nitrogens with zero attached hydrogens (tertiary/aromatic N) is 1. The third-order valence-electron chi connectivity index (χ3n) is 3.74. The molecule has 1 aromatic heterocycles. The molecule has 0 bridgehead atoms. The Morgan fingerprint density at radius 1 is 1.37 bits per heavy atom. The molecular weight excluding hydrogens is 242 g/mol. The molecule has 19 heavy (non-hydrogen) atoms. The van der Waals surface area contributed by atoms with E-state index in [9.17, 15) is 9.59 Å². The second kappa shape index (κ2) is 5.51. The van der Waals surface area contributed by atoms with Gasteiger partial charge in [-0.3, -0.25) is 14.6 Å². The van der Waals surface area contributed by atoms with Gasteiger partial charge in [0.05, 0.1) is 0 Å². The van der Waals surface area contributed by atoms with Gasteiger partial charge in [-0.25, -0.2) is 0 Å². The highest BCUT2D eigenvalue weighted by Crippen LogP contribution is 2.35. The fourth-order valence-electron chi connectivity index (χ4n) is 2.49. The lowest BCUT2D eigenvalue weighted by molar-refractivity contribution is -0.177. The molecule has 0 amide bonds. The maximum Gasteiger partial charge on any atom is 0.313 e. The number of ether oxygens (including phenoxy) is 1. The lowest BCUT2D eigenvalue weighted by atomic mass is 9.79. The smallest absolute Gasteiger partial charge is 0.313 e. The molecule has 0 aromatic carbocycles. The third-order valence-corrected chi connectivity index (χ3v) is 3.74. The highest BCUT2D eigenvalue weighted by atomic mass is 16.6. The Kier molecular flexibility index (Phi) is 3.98. The number of hydrogen-bond acceptors (Lipinski definition) is 4. The van der Waals surface area contributed by atoms with E-state index in [1.54, 1.807) is 6.20 Å². The van der Waals surface area contributed by atoms with E-state index < -0.39 is 11.6 Å². The van der Waals surface area contributed by atoms with E-state index in [0.717, 1.165) is 5.69 Å². The molecular formula is C15H19NO3. The van der Waals surface area contributed by atoms with E-state index in [0.29, 0.717) is 19.3 Å². The molecule has 4 nitrogen and oxygen atoms in total. The Balaban J connectivity index is 2.11. The minimum atomic E-state index is -0.663. The fourth-order valence-corrected chi connectivity index (χ4v) is 2.49. The van der Waals surface area contributed by atoms with Crippen LogP contribution in [0.4, 0.5) is 0 Å². The van der Waals surface area contributed by atoms with Crippen molar-refractivity contribution in [2.45, 2.75) is 45.1 Å². The van der Waals surface area contributed by atoms with E-state index in [2.05, 4.69) is 4.98 Å². The van der Waals surface area contributed by atoms with Crippen LogP contribution in [0.15, 0.2) is 24.4 Å². The normalized spacial score (nSPS) is 23.5.